The van der Waals surface area contributed by atoms with Gasteiger partial charge in [0, 0.05) is 27.9 Å². The van der Waals surface area contributed by atoms with Crippen LogP contribution in [0.15, 0.2) is 113 Å². The van der Waals surface area contributed by atoms with Gasteiger partial charge in [0.25, 0.3) is 0 Å². The molecule has 3 aromatic carbocycles. The van der Waals surface area contributed by atoms with Crippen LogP contribution in [0.4, 0.5) is 4.39 Å². The molecule has 0 saturated carbocycles. The predicted molar refractivity (Wildman–Crippen MR) is 131 cm³/mol. The Bertz CT molecular complexity index is 1420. The second-order valence-corrected chi connectivity index (χ2v) is 9.26. The van der Waals surface area contributed by atoms with Crippen molar-refractivity contribution in [2.24, 2.45) is 0 Å². The third kappa shape index (κ3) is 4.25. The number of halogens is 2. The molecule has 0 spiro atoms. The van der Waals surface area contributed by atoms with Gasteiger partial charge in [-0.1, -0.05) is 41.9 Å². The van der Waals surface area contributed by atoms with Crippen molar-refractivity contribution in [2.45, 2.75) is 9.79 Å². The molecule has 0 bridgehead atoms. The molecule has 0 aliphatic heterocycles. The summed E-state index contributed by atoms with van der Waals surface area (Å²) >= 11 is 6.13. The van der Waals surface area contributed by atoms with Crippen LogP contribution in [0.1, 0.15) is 0 Å². The van der Waals surface area contributed by atoms with Crippen molar-refractivity contribution < 1.29 is 8.60 Å². The molecule has 1 atom stereocenters. The van der Waals surface area contributed by atoms with Crippen molar-refractivity contribution in [3.8, 4) is 33.6 Å². The highest BCUT2D eigenvalue weighted by Gasteiger charge is 2.26. The first-order valence-corrected chi connectivity index (χ1v) is 11.8. The van der Waals surface area contributed by atoms with Gasteiger partial charge in [0.05, 0.1) is 27.1 Å². The summed E-state index contributed by atoms with van der Waals surface area (Å²) in [5, 5.41) is 0.615. The van der Waals surface area contributed by atoms with Crippen LogP contribution in [0.5, 0.6) is 0 Å². The van der Waals surface area contributed by atoms with Crippen LogP contribution in [-0.2, 0) is 10.8 Å². The van der Waals surface area contributed by atoms with Gasteiger partial charge >= 0.3 is 0 Å². The molecule has 162 valence electrons. The lowest BCUT2D eigenvalue weighted by molar-refractivity contribution is 0.628. The Labute approximate surface area is 198 Å². The summed E-state index contributed by atoms with van der Waals surface area (Å²) in [5.74, 6) is -0.318. The van der Waals surface area contributed by atoms with E-state index in [1.54, 1.807) is 36.7 Å². The summed E-state index contributed by atoms with van der Waals surface area (Å²) in [4.78, 5) is 8.97. The molecule has 1 N–H and O–H groups in total. The first kappa shape index (κ1) is 21.3. The zero-order valence-electron chi connectivity index (χ0n) is 17.3. The van der Waals surface area contributed by atoms with Crippen molar-refractivity contribution >= 4 is 22.4 Å². The van der Waals surface area contributed by atoms with Crippen molar-refractivity contribution in [3.63, 3.8) is 0 Å². The van der Waals surface area contributed by atoms with Crippen LogP contribution in [0.25, 0.3) is 33.6 Å². The topological polar surface area (TPSA) is 45.8 Å². The highest BCUT2D eigenvalue weighted by atomic mass is 35.5. The Kier molecular flexibility index (Phi) is 5.90. The van der Waals surface area contributed by atoms with Gasteiger partial charge in [-0.2, -0.15) is 0 Å². The van der Waals surface area contributed by atoms with Gasteiger partial charge in [-0.05, 0) is 77.4 Å². The van der Waals surface area contributed by atoms with Gasteiger partial charge in [0.1, 0.15) is 5.82 Å². The van der Waals surface area contributed by atoms with Gasteiger partial charge in [-0.3, -0.25) is 4.98 Å². The molecule has 5 rings (SSSR count). The maximum atomic E-state index is 14.0. The van der Waals surface area contributed by atoms with Gasteiger partial charge in [0.2, 0.25) is 0 Å². The standard InChI is InChI=1S/C27H18ClFN2OS/c28-21-10-6-20(7-11-21)26-27(33(32)23-4-2-1-3-5-23)24(18-14-16-30-17-15-18)25(31-26)19-8-12-22(29)13-9-19/h1-17,31H. The number of aromatic nitrogens is 2. The lowest BCUT2D eigenvalue weighted by Gasteiger charge is -2.10. The fourth-order valence-electron chi connectivity index (χ4n) is 3.78. The predicted octanol–water partition coefficient (Wildman–Crippen LogP) is 7.37. The average molecular weight is 473 g/mol. The molecule has 33 heavy (non-hydrogen) atoms. The van der Waals surface area contributed by atoms with Crippen LogP contribution < -0.4 is 0 Å². The largest absolute Gasteiger partial charge is 0.353 e. The molecule has 0 fully saturated rings. The third-order valence-corrected chi connectivity index (χ3v) is 7.06. The SMILES string of the molecule is O=S(c1ccccc1)c1c(-c2ccc(Cl)cc2)[nH]c(-c2ccc(F)cc2)c1-c1ccncc1. The molecule has 0 aliphatic carbocycles. The lowest BCUT2D eigenvalue weighted by atomic mass is 10.0. The first-order chi connectivity index (χ1) is 16.1. The number of nitrogens with zero attached hydrogens (tertiary/aromatic N) is 1. The normalized spacial score (nSPS) is 11.9. The van der Waals surface area contributed by atoms with Crippen LogP contribution in [0, 0.1) is 5.82 Å². The molecule has 5 aromatic rings. The van der Waals surface area contributed by atoms with Crippen LogP contribution in [0.2, 0.25) is 5.02 Å². The summed E-state index contributed by atoms with van der Waals surface area (Å²) in [6, 6.07) is 26.8. The summed E-state index contributed by atoms with van der Waals surface area (Å²) < 4.78 is 27.7. The monoisotopic (exact) mass is 472 g/mol. The maximum absolute atomic E-state index is 14.0. The number of H-pyrrole nitrogens is 1. The number of nitrogens with one attached hydrogen (secondary N) is 1. The molecule has 0 radical (unpaired) electrons. The van der Waals surface area contributed by atoms with Gasteiger partial charge in [-0.25, -0.2) is 8.60 Å². The maximum Gasteiger partial charge on any atom is 0.123 e. The lowest BCUT2D eigenvalue weighted by Crippen LogP contribution is -1.96. The van der Waals surface area contributed by atoms with E-state index in [4.69, 9.17) is 11.6 Å². The number of benzene rings is 3. The zero-order chi connectivity index (χ0) is 22.8. The van der Waals surface area contributed by atoms with E-state index in [9.17, 15) is 8.60 Å². The molecule has 6 heteroatoms. The van der Waals surface area contributed by atoms with E-state index in [2.05, 4.69) is 9.97 Å². The van der Waals surface area contributed by atoms with Crippen molar-refractivity contribution in [1.29, 1.82) is 0 Å². The smallest absolute Gasteiger partial charge is 0.123 e. The van der Waals surface area contributed by atoms with Crippen molar-refractivity contribution in [3.05, 3.63) is 114 Å². The van der Waals surface area contributed by atoms with E-state index >= 15 is 0 Å². The Balaban J connectivity index is 1.84. The molecule has 0 amide bonds. The summed E-state index contributed by atoms with van der Waals surface area (Å²) in [5.41, 5.74) is 4.76. The minimum atomic E-state index is -1.49. The second-order valence-electron chi connectivity index (χ2n) is 7.41. The number of hydrogen-bond acceptors (Lipinski definition) is 2. The number of hydrogen-bond donors (Lipinski definition) is 1. The van der Waals surface area contributed by atoms with E-state index in [-0.39, 0.29) is 5.82 Å². The quantitative estimate of drug-likeness (QED) is 0.290. The van der Waals surface area contributed by atoms with E-state index in [0.29, 0.717) is 14.8 Å². The zero-order valence-corrected chi connectivity index (χ0v) is 18.9. The molecule has 1 unspecified atom stereocenters. The second kappa shape index (κ2) is 9.14. The van der Waals surface area contributed by atoms with Crippen LogP contribution in [0.3, 0.4) is 0 Å². The highest BCUT2D eigenvalue weighted by molar-refractivity contribution is 7.85. The fraction of sp³-hybridized carbons (Fsp3) is 0. The number of aromatic amines is 1. The van der Waals surface area contributed by atoms with E-state index in [0.717, 1.165) is 33.6 Å². The average Bonchev–Trinajstić information content (AvgIpc) is 3.26. The summed E-state index contributed by atoms with van der Waals surface area (Å²) in [6.45, 7) is 0. The minimum absolute atomic E-state index is 0.318. The van der Waals surface area contributed by atoms with Crippen molar-refractivity contribution in [2.75, 3.05) is 0 Å². The molecule has 0 aliphatic rings. The molecule has 2 aromatic heterocycles. The van der Waals surface area contributed by atoms with Gasteiger partial charge < -0.3 is 4.98 Å². The first-order valence-electron chi connectivity index (χ1n) is 10.3. The summed E-state index contributed by atoms with van der Waals surface area (Å²) in [7, 11) is -1.49. The van der Waals surface area contributed by atoms with Gasteiger partial charge in [-0.15, -0.1) is 0 Å². The van der Waals surface area contributed by atoms with Crippen LogP contribution >= 0.6 is 11.6 Å². The Morgan fingerprint density at radius 2 is 1.33 bits per heavy atom. The Morgan fingerprint density at radius 1 is 0.727 bits per heavy atom. The molecule has 3 nitrogen and oxygen atoms in total. The molecule has 2 heterocycles. The highest BCUT2D eigenvalue weighted by Crippen LogP contribution is 2.43. The fourth-order valence-corrected chi connectivity index (χ4v) is 5.30. The minimum Gasteiger partial charge on any atom is -0.353 e. The third-order valence-electron chi connectivity index (χ3n) is 5.33. The number of rotatable bonds is 5. The Morgan fingerprint density at radius 3 is 2.00 bits per heavy atom. The number of pyridine rings is 1. The molecular weight excluding hydrogens is 455 g/mol. The summed E-state index contributed by atoms with van der Waals surface area (Å²) in [6.07, 6.45) is 3.40. The van der Waals surface area contributed by atoms with Gasteiger partial charge in [0.15, 0.2) is 0 Å². The Hall–Kier alpha value is -3.54. The van der Waals surface area contributed by atoms with E-state index in [1.165, 1.54) is 12.1 Å². The van der Waals surface area contributed by atoms with E-state index < -0.39 is 10.8 Å². The van der Waals surface area contributed by atoms with Crippen LogP contribution in [-0.4, -0.2) is 14.2 Å². The molecule has 0 saturated heterocycles. The molecular formula is C27H18ClFN2OS. The van der Waals surface area contributed by atoms with Crippen molar-refractivity contribution in [1.82, 2.24) is 9.97 Å². The van der Waals surface area contributed by atoms with E-state index in [1.807, 2.05) is 54.6 Å².